The third-order valence-corrected chi connectivity index (χ3v) is 7.20. The summed E-state index contributed by atoms with van der Waals surface area (Å²) in [4.78, 5) is 0. The van der Waals surface area contributed by atoms with E-state index in [1.165, 1.54) is 18.5 Å². The lowest BCUT2D eigenvalue weighted by Gasteiger charge is -2.21. The van der Waals surface area contributed by atoms with Crippen molar-refractivity contribution < 1.29 is 0 Å². The third-order valence-electron chi connectivity index (χ3n) is 2.40. The summed E-state index contributed by atoms with van der Waals surface area (Å²) in [5.41, 5.74) is 0. The molecule has 0 amide bonds. The van der Waals surface area contributed by atoms with E-state index in [4.69, 9.17) is 7.85 Å². The Morgan fingerprint density at radius 1 is 1.00 bits per heavy atom. The zero-order valence-corrected chi connectivity index (χ0v) is 7.75. The van der Waals surface area contributed by atoms with Crippen LogP contribution in [0, 0.1) is 0 Å². The van der Waals surface area contributed by atoms with E-state index >= 15 is 0 Å². The van der Waals surface area contributed by atoms with E-state index < -0.39 is 7.26 Å². The zero-order valence-electron chi connectivity index (χ0n) is 6.85. The summed E-state index contributed by atoms with van der Waals surface area (Å²) < 4.78 is 0. The Labute approximate surface area is 61.2 Å². The largest absolute Gasteiger partial charge is 0.122 e. The van der Waals surface area contributed by atoms with E-state index in [1.54, 1.807) is 0 Å². The van der Waals surface area contributed by atoms with E-state index in [0.29, 0.717) is 0 Å². The van der Waals surface area contributed by atoms with E-state index in [0.717, 1.165) is 6.06 Å². The fraction of sp³-hybridized carbons (Fsp3) is 1.00. The highest BCUT2D eigenvalue weighted by Crippen LogP contribution is 2.56. The first kappa shape index (κ1) is 9.49. The molecule has 52 valence electrons. The first-order chi connectivity index (χ1) is 4.24. The second-order valence-corrected chi connectivity index (χ2v) is 7.42. The van der Waals surface area contributed by atoms with Crippen molar-refractivity contribution in [2.45, 2.75) is 20.8 Å². The van der Waals surface area contributed by atoms with Crippen molar-refractivity contribution in [1.82, 2.24) is 0 Å². The normalized spacial score (nSPS) is 11.9. The van der Waals surface area contributed by atoms with Crippen LogP contribution in [0.5, 0.6) is 0 Å². The molecule has 0 aliphatic carbocycles. The Balaban J connectivity index is 3.82. The lowest BCUT2D eigenvalue weighted by atomic mass is 10.2. The summed E-state index contributed by atoms with van der Waals surface area (Å²) in [6.07, 6.45) is 3.99. The van der Waals surface area contributed by atoms with Gasteiger partial charge < -0.3 is 0 Å². The molecule has 0 fully saturated rings. The van der Waals surface area contributed by atoms with Crippen LogP contribution in [0.15, 0.2) is 0 Å². The average molecular weight is 143 g/mol. The standard InChI is InChI=1S/C7H17BP/c1-4-9(5-2,6-3)7-8/h4-7H2,1-3H3/q+1. The first-order valence-electron chi connectivity index (χ1n) is 3.79. The maximum atomic E-state index is 5.69. The predicted octanol–water partition coefficient (Wildman–Crippen LogP) is 2.19. The summed E-state index contributed by atoms with van der Waals surface area (Å²) in [7, 11) is 5.05. The Kier molecular flexibility index (Phi) is 4.57. The van der Waals surface area contributed by atoms with Crippen molar-refractivity contribution in [3.8, 4) is 0 Å². The van der Waals surface area contributed by atoms with E-state index in [2.05, 4.69) is 20.8 Å². The van der Waals surface area contributed by atoms with Gasteiger partial charge in [-0.15, -0.1) is 0 Å². The molecule has 0 saturated heterocycles. The van der Waals surface area contributed by atoms with Crippen LogP contribution in [0.2, 0.25) is 0 Å². The summed E-state index contributed by atoms with van der Waals surface area (Å²) in [5, 5.41) is 0. The molecule has 2 heteroatoms. The number of hydrogen-bond donors (Lipinski definition) is 0. The van der Waals surface area contributed by atoms with E-state index in [9.17, 15) is 0 Å². The summed E-state index contributed by atoms with van der Waals surface area (Å²) in [5.74, 6) is 0. The lowest BCUT2D eigenvalue weighted by Crippen LogP contribution is -2.06. The molecule has 0 heterocycles. The van der Waals surface area contributed by atoms with Gasteiger partial charge in [-0.2, -0.15) is 0 Å². The minimum absolute atomic E-state index is 0.642. The summed E-state index contributed by atoms with van der Waals surface area (Å²) >= 11 is 0. The molecule has 0 aromatic rings. The van der Waals surface area contributed by atoms with Gasteiger partial charge in [-0.05, 0) is 20.8 Å². The second-order valence-electron chi connectivity index (χ2n) is 2.47. The van der Waals surface area contributed by atoms with Crippen LogP contribution in [-0.2, 0) is 0 Å². The van der Waals surface area contributed by atoms with Crippen molar-refractivity contribution in [1.29, 1.82) is 0 Å². The van der Waals surface area contributed by atoms with Gasteiger partial charge in [0.25, 0.3) is 0 Å². The molecular formula is C7H17BP+. The molecule has 0 aromatic carbocycles. The molecule has 0 aliphatic rings. The minimum Gasteiger partial charge on any atom is -0.0312 e. The molecule has 0 unspecified atom stereocenters. The average Bonchev–Trinajstić information content (AvgIpc) is 1.95. The predicted molar refractivity (Wildman–Crippen MR) is 49.2 cm³/mol. The molecule has 0 saturated carbocycles. The Bertz CT molecular complexity index is 51.8. The van der Waals surface area contributed by atoms with E-state index in [-0.39, 0.29) is 0 Å². The van der Waals surface area contributed by atoms with Crippen molar-refractivity contribution in [2.24, 2.45) is 0 Å². The Morgan fingerprint density at radius 3 is 1.33 bits per heavy atom. The first-order valence-corrected chi connectivity index (χ1v) is 6.32. The lowest BCUT2D eigenvalue weighted by molar-refractivity contribution is 1.30. The number of rotatable bonds is 4. The topological polar surface area (TPSA) is 0 Å². The zero-order chi connectivity index (χ0) is 7.33. The summed E-state index contributed by atoms with van der Waals surface area (Å²) in [6, 6.07) is 0.955. The van der Waals surface area contributed by atoms with Gasteiger partial charge in [0.2, 0.25) is 0 Å². The van der Waals surface area contributed by atoms with Gasteiger partial charge in [-0.25, -0.2) is 0 Å². The maximum absolute atomic E-state index is 5.69. The highest BCUT2D eigenvalue weighted by molar-refractivity contribution is 7.76. The molecule has 0 nitrogen and oxygen atoms in total. The fourth-order valence-corrected chi connectivity index (χ4v) is 3.17. The van der Waals surface area contributed by atoms with E-state index in [1.807, 2.05) is 0 Å². The molecule has 0 aromatic heterocycles. The van der Waals surface area contributed by atoms with Gasteiger partial charge in [0.15, 0.2) is 0 Å². The highest BCUT2D eigenvalue weighted by atomic mass is 31.2. The highest BCUT2D eigenvalue weighted by Gasteiger charge is 2.27. The van der Waals surface area contributed by atoms with Gasteiger partial charge in [0, 0.05) is 13.3 Å². The van der Waals surface area contributed by atoms with Crippen molar-refractivity contribution in [3.63, 3.8) is 0 Å². The van der Waals surface area contributed by atoms with Gasteiger partial charge in [-0.3, -0.25) is 0 Å². The second kappa shape index (κ2) is 4.33. The number of hydrogen-bond acceptors (Lipinski definition) is 0. The SMILES string of the molecule is [B]C[P+](CC)(CC)CC. The van der Waals surface area contributed by atoms with Gasteiger partial charge >= 0.3 is 0 Å². The quantitative estimate of drug-likeness (QED) is 0.418. The molecule has 9 heavy (non-hydrogen) atoms. The van der Waals surface area contributed by atoms with Gasteiger partial charge in [0.05, 0.1) is 18.5 Å². The molecule has 0 atom stereocenters. The fourth-order valence-electron chi connectivity index (χ4n) is 1.06. The van der Waals surface area contributed by atoms with Crippen LogP contribution in [0.1, 0.15) is 20.8 Å². The van der Waals surface area contributed by atoms with Gasteiger partial charge in [0.1, 0.15) is 7.85 Å². The maximum Gasteiger partial charge on any atom is 0.122 e. The van der Waals surface area contributed by atoms with Crippen molar-refractivity contribution in [2.75, 3.05) is 24.5 Å². The Morgan fingerprint density at radius 2 is 1.33 bits per heavy atom. The Hall–Kier alpha value is 0.495. The van der Waals surface area contributed by atoms with Crippen LogP contribution < -0.4 is 0 Å². The van der Waals surface area contributed by atoms with Crippen molar-refractivity contribution in [3.05, 3.63) is 0 Å². The van der Waals surface area contributed by atoms with Crippen LogP contribution in [0.4, 0.5) is 0 Å². The van der Waals surface area contributed by atoms with Crippen LogP contribution in [0.3, 0.4) is 0 Å². The van der Waals surface area contributed by atoms with Crippen LogP contribution in [0.25, 0.3) is 0 Å². The molecule has 0 rings (SSSR count). The molecule has 0 N–H and O–H groups in total. The van der Waals surface area contributed by atoms with Crippen LogP contribution in [-0.4, -0.2) is 32.4 Å². The molecule has 0 bridgehead atoms. The minimum atomic E-state index is -0.642. The third kappa shape index (κ3) is 2.30. The van der Waals surface area contributed by atoms with Gasteiger partial charge in [-0.1, -0.05) is 0 Å². The summed E-state index contributed by atoms with van der Waals surface area (Å²) in [6.45, 7) is 6.81. The monoisotopic (exact) mass is 143 g/mol. The van der Waals surface area contributed by atoms with Crippen molar-refractivity contribution >= 4 is 15.1 Å². The molecule has 2 radical (unpaired) electrons. The molecule has 0 spiro atoms. The van der Waals surface area contributed by atoms with Crippen LogP contribution >= 0.6 is 7.26 Å². The molecular weight excluding hydrogens is 126 g/mol. The molecule has 0 aliphatic heterocycles. The smallest absolute Gasteiger partial charge is 0.0312 e.